The van der Waals surface area contributed by atoms with Crippen LogP contribution in [-0.2, 0) is 4.79 Å². The number of thioether (sulfide) groups is 1. The first-order valence-electron chi connectivity index (χ1n) is 6.96. The van der Waals surface area contributed by atoms with Gasteiger partial charge >= 0.3 is 0 Å². The molecule has 102 valence electrons. The zero-order chi connectivity index (χ0) is 12.8. The van der Waals surface area contributed by atoms with Crippen LogP contribution in [0.15, 0.2) is 4.99 Å². The van der Waals surface area contributed by atoms with Gasteiger partial charge in [0.1, 0.15) is 0 Å². The highest BCUT2D eigenvalue weighted by atomic mass is 32.2. The molecular weight excluding hydrogens is 246 g/mol. The fraction of sp³-hybridized carbons (Fsp3) is 0.846. The Bertz CT molecular complexity index is 324. The lowest BCUT2D eigenvalue weighted by Crippen LogP contribution is -2.40. The van der Waals surface area contributed by atoms with Gasteiger partial charge in [-0.05, 0) is 19.3 Å². The van der Waals surface area contributed by atoms with Gasteiger partial charge in [0.05, 0.1) is 6.54 Å². The van der Waals surface area contributed by atoms with Crippen molar-refractivity contribution in [3.8, 4) is 0 Å². The van der Waals surface area contributed by atoms with Gasteiger partial charge in [0.25, 0.3) is 0 Å². The van der Waals surface area contributed by atoms with Gasteiger partial charge in [0.2, 0.25) is 5.91 Å². The summed E-state index contributed by atoms with van der Waals surface area (Å²) < 4.78 is 0. The first-order valence-corrected chi connectivity index (χ1v) is 7.95. The van der Waals surface area contributed by atoms with Crippen molar-refractivity contribution in [2.45, 2.75) is 51.0 Å². The topological polar surface area (TPSA) is 53.5 Å². The molecule has 0 unspecified atom stereocenters. The van der Waals surface area contributed by atoms with Crippen molar-refractivity contribution in [2.75, 3.05) is 18.8 Å². The second kappa shape index (κ2) is 6.45. The van der Waals surface area contributed by atoms with E-state index in [4.69, 9.17) is 0 Å². The van der Waals surface area contributed by atoms with Crippen LogP contribution >= 0.6 is 11.8 Å². The Kier molecular flexibility index (Phi) is 4.92. The zero-order valence-electron chi connectivity index (χ0n) is 11.1. The Hall–Kier alpha value is -0.710. The number of aliphatic imine (C=N–C) groups is 1. The minimum atomic E-state index is 0.111. The predicted molar refractivity (Wildman–Crippen MR) is 77.0 cm³/mol. The van der Waals surface area contributed by atoms with Crippen molar-refractivity contribution >= 4 is 22.8 Å². The Morgan fingerprint density at radius 3 is 3.00 bits per heavy atom. The number of nitrogens with one attached hydrogen (secondary N) is 2. The van der Waals surface area contributed by atoms with Gasteiger partial charge in [-0.2, -0.15) is 0 Å². The molecule has 1 saturated carbocycles. The maximum Gasteiger partial charge on any atom is 0.221 e. The van der Waals surface area contributed by atoms with Gasteiger partial charge in [-0.3, -0.25) is 9.79 Å². The first-order chi connectivity index (χ1) is 8.74. The van der Waals surface area contributed by atoms with Gasteiger partial charge < -0.3 is 10.6 Å². The van der Waals surface area contributed by atoms with Gasteiger partial charge in [0, 0.05) is 24.3 Å². The maximum absolute atomic E-state index is 11.4. The first kappa shape index (κ1) is 13.7. The molecule has 0 aromatic carbocycles. The highest BCUT2D eigenvalue weighted by Crippen LogP contribution is 2.37. The Morgan fingerprint density at radius 2 is 2.28 bits per heavy atom. The number of hydrogen-bond acceptors (Lipinski definition) is 3. The van der Waals surface area contributed by atoms with Crippen molar-refractivity contribution in [2.24, 2.45) is 4.99 Å². The molecule has 0 aromatic rings. The average molecular weight is 269 g/mol. The summed E-state index contributed by atoms with van der Waals surface area (Å²) in [4.78, 5) is 15.9. The minimum Gasteiger partial charge on any atom is -0.359 e. The van der Waals surface area contributed by atoms with Crippen LogP contribution in [0.2, 0.25) is 0 Å². The van der Waals surface area contributed by atoms with Gasteiger partial charge in [-0.25, -0.2) is 0 Å². The van der Waals surface area contributed by atoms with E-state index in [-0.39, 0.29) is 5.91 Å². The lowest BCUT2D eigenvalue weighted by atomic mass is 10.0. The van der Waals surface area contributed by atoms with E-state index in [1.807, 2.05) is 11.8 Å². The number of carbonyl (C=O) groups excluding carboxylic acids is 1. The zero-order valence-corrected chi connectivity index (χ0v) is 11.9. The van der Waals surface area contributed by atoms with Crippen molar-refractivity contribution in [3.63, 3.8) is 0 Å². The van der Waals surface area contributed by atoms with E-state index < -0.39 is 0 Å². The van der Waals surface area contributed by atoms with Crippen LogP contribution in [-0.4, -0.2) is 35.5 Å². The summed E-state index contributed by atoms with van der Waals surface area (Å²) in [5, 5.41) is 7.48. The van der Waals surface area contributed by atoms with E-state index in [0.29, 0.717) is 18.5 Å². The third-order valence-corrected chi connectivity index (χ3v) is 4.79. The molecule has 4 nitrogen and oxygen atoms in total. The SMILES string of the molecule is CCCNC(=O)CCN=C1NC2(CCCC2)CS1. The lowest BCUT2D eigenvalue weighted by molar-refractivity contribution is -0.120. The Labute approximate surface area is 113 Å². The van der Waals surface area contributed by atoms with E-state index in [9.17, 15) is 4.79 Å². The van der Waals surface area contributed by atoms with Crippen LogP contribution in [0.4, 0.5) is 0 Å². The molecule has 2 fully saturated rings. The van der Waals surface area contributed by atoms with Crippen LogP contribution in [0.1, 0.15) is 45.4 Å². The van der Waals surface area contributed by atoms with Crippen molar-refractivity contribution in [1.82, 2.24) is 10.6 Å². The van der Waals surface area contributed by atoms with Crippen LogP contribution in [0.3, 0.4) is 0 Å². The molecule has 0 bridgehead atoms. The fourth-order valence-electron chi connectivity index (χ4n) is 2.52. The molecule has 2 N–H and O–H groups in total. The average Bonchev–Trinajstić information content (AvgIpc) is 2.98. The molecule has 1 aliphatic heterocycles. The predicted octanol–water partition coefficient (Wildman–Crippen LogP) is 1.91. The largest absolute Gasteiger partial charge is 0.359 e. The summed E-state index contributed by atoms with van der Waals surface area (Å²) >= 11 is 1.82. The second-order valence-electron chi connectivity index (χ2n) is 5.19. The summed E-state index contributed by atoms with van der Waals surface area (Å²) in [6, 6.07) is 0. The van der Waals surface area contributed by atoms with Crippen molar-refractivity contribution in [1.29, 1.82) is 0 Å². The molecule has 0 atom stereocenters. The van der Waals surface area contributed by atoms with Crippen LogP contribution in [0.5, 0.6) is 0 Å². The number of amidine groups is 1. The molecule has 1 aliphatic carbocycles. The second-order valence-corrected chi connectivity index (χ2v) is 6.15. The molecule has 18 heavy (non-hydrogen) atoms. The molecule has 5 heteroatoms. The number of amides is 1. The summed E-state index contributed by atoms with van der Waals surface area (Å²) in [6.45, 7) is 3.42. The van der Waals surface area contributed by atoms with E-state index in [1.165, 1.54) is 25.7 Å². The minimum absolute atomic E-state index is 0.111. The third kappa shape index (κ3) is 3.64. The lowest BCUT2D eigenvalue weighted by Gasteiger charge is -2.21. The molecular formula is C13H23N3OS. The van der Waals surface area contributed by atoms with Gasteiger partial charge in [-0.1, -0.05) is 31.5 Å². The maximum atomic E-state index is 11.4. The number of hydrogen-bond donors (Lipinski definition) is 2. The normalized spacial score (nSPS) is 23.5. The summed E-state index contributed by atoms with van der Waals surface area (Å²) in [5.74, 6) is 1.26. The quantitative estimate of drug-likeness (QED) is 0.801. The van der Waals surface area contributed by atoms with Gasteiger partial charge in [-0.15, -0.1) is 0 Å². The summed E-state index contributed by atoms with van der Waals surface area (Å²) in [6.07, 6.45) is 6.70. The van der Waals surface area contributed by atoms with Crippen LogP contribution < -0.4 is 10.6 Å². The smallest absolute Gasteiger partial charge is 0.221 e. The molecule has 1 saturated heterocycles. The standard InChI is InChI=1S/C13H23N3OS/c1-2-8-14-11(17)5-9-15-12-16-13(10-18-12)6-3-4-7-13/h2-10H2,1H3,(H,14,17)(H,15,16). The highest BCUT2D eigenvalue weighted by Gasteiger charge is 2.39. The molecule has 0 radical (unpaired) electrons. The number of nitrogens with zero attached hydrogens (tertiary/aromatic N) is 1. The molecule has 1 spiro atoms. The van der Waals surface area contributed by atoms with Crippen LogP contribution in [0, 0.1) is 0 Å². The molecule has 2 aliphatic rings. The van der Waals surface area contributed by atoms with Crippen molar-refractivity contribution in [3.05, 3.63) is 0 Å². The molecule has 0 aromatic heterocycles. The molecule has 2 rings (SSSR count). The highest BCUT2D eigenvalue weighted by molar-refractivity contribution is 8.14. The summed E-state index contributed by atoms with van der Waals surface area (Å²) in [5.41, 5.74) is 0.327. The van der Waals surface area contributed by atoms with E-state index >= 15 is 0 Å². The monoisotopic (exact) mass is 269 g/mol. The Balaban J connectivity index is 1.69. The molecule has 1 heterocycles. The fourth-order valence-corrected chi connectivity index (χ4v) is 3.77. The van der Waals surface area contributed by atoms with Crippen molar-refractivity contribution < 1.29 is 4.79 Å². The number of rotatable bonds is 5. The summed E-state index contributed by atoms with van der Waals surface area (Å²) in [7, 11) is 0. The van der Waals surface area contributed by atoms with Gasteiger partial charge in [0.15, 0.2) is 5.17 Å². The van der Waals surface area contributed by atoms with E-state index in [0.717, 1.165) is 23.9 Å². The number of carbonyl (C=O) groups is 1. The third-order valence-electron chi connectivity index (χ3n) is 3.58. The molecule has 1 amide bonds. The van der Waals surface area contributed by atoms with E-state index in [1.54, 1.807) is 0 Å². The van der Waals surface area contributed by atoms with Crippen LogP contribution in [0.25, 0.3) is 0 Å². The Morgan fingerprint density at radius 1 is 1.50 bits per heavy atom. The van der Waals surface area contributed by atoms with E-state index in [2.05, 4.69) is 22.5 Å².